The van der Waals surface area contributed by atoms with Crippen LogP contribution in [0.2, 0.25) is 0 Å². The molecular weight excluding hydrogens is 336 g/mol. The van der Waals surface area contributed by atoms with Crippen molar-refractivity contribution in [3.8, 4) is 0 Å². The Morgan fingerprint density at radius 3 is 2.46 bits per heavy atom. The van der Waals surface area contributed by atoms with Gasteiger partial charge in [0.15, 0.2) is 0 Å². The average Bonchev–Trinajstić information content (AvgIpc) is 2.88. The summed E-state index contributed by atoms with van der Waals surface area (Å²) in [4.78, 5) is 27.8. The number of carbonyl (C=O) groups excluding carboxylic acids is 2. The summed E-state index contributed by atoms with van der Waals surface area (Å²) < 4.78 is 10.8. The van der Waals surface area contributed by atoms with E-state index in [4.69, 9.17) is 9.47 Å². The van der Waals surface area contributed by atoms with Crippen LogP contribution in [0.1, 0.15) is 32.8 Å². The average molecular weight is 362 g/mol. The van der Waals surface area contributed by atoms with Crippen molar-refractivity contribution in [2.75, 3.05) is 19.6 Å². The summed E-state index contributed by atoms with van der Waals surface area (Å²) in [5.41, 5.74) is -0.230. The van der Waals surface area contributed by atoms with Crippen molar-refractivity contribution in [3.63, 3.8) is 0 Å². The lowest BCUT2D eigenvalue weighted by atomic mass is 9.87. The third kappa shape index (κ3) is 3.93. The van der Waals surface area contributed by atoms with Gasteiger partial charge in [0.1, 0.15) is 12.2 Å². The summed E-state index contributed by atoms with van der Waals surface area (Å²) in [7, 11) is 0. The van der Waals surface area contributed by atoms with E-state index >= 15 is 0 Å². The minimum absolute atomic E-state index is 0.179. The Morgan fingerprint density at radius 2 is 1.85 bits per heavy atom. The maximum Gasteiger partial charge on any atom is 0.410 e. The second-order valence-electron chi connectivity index (χ2n) is 8.07. The zero-order valence-electron chi connectivity index (χ0n) is 15.5. The van der Waals surface area contributed by atoms with Crippen molar-refractivity contribution in [1.29, 1.82) is 0 Å². The van der Waals surface area contributed by atoms with Gasteiger partial charge in [-0.05, 0) is 26.3 Å². The van der Waals surface area contributed by atoms with Gasteiger partial charge in [-0.25, -0.2) is 9.59 Å². The molecular formula is C19H26N2O5. The molecule has 2 aliphatic rings. The fourth-order valence-corrected chi connectivity index (χ4v) is 3.50. The molecule has 7 heteroatoms. The van der Waals surface area contributed by atoms with Crippen LogP contribution in [-0.2, 0) is 16.1 Å². The first kappa shape index (κ1) is 18.5. The Hall–Kier alpha value is -2.28. The van der Waals surface area contributed by atoms with Crippen molar-refractivity contribution < 1.29 is 24.2 Å². The first-order valence-corrected chi connectivity index (χ1v) is 8.83. The highest BCUT2D eigenvalue weighted by atomic mass is 16.6. The molecule has 2 heterocycles. The standard InChI is InChI=1S/C19H26N2O5/c1-18(2,3)26-16(23)20-12-19(13-20)9-15(22)10-21(19)17(24)25-11-14-7-5-4-6-8-14/h4-8,15,22H,9-13H2,1-3H3. The van der Waals surface area contributed by atoms with Gasteiger partial charge >= 0.3 is 12.2 Å². The van der Waals surface area contributed by atoms with Gasteiger partial charge in [0, 0.05) is 19.5 Å². The predicted octanol–water partition coefficient (Wildman–Crippen LogP) is 2.38. The largest absolute Gasteiger partial charge is 0.445 e. The third-order valence-corrected chi connectivity index (χ3v) is 4.63. The molecule has 0 bridgehead atoms. The number of amides is 2. The number of aliphatic hydroxyl groups excluding tert-OH is 1. The van der Waals surface area contributed by atoms with Gasteiger partial charge in [-0.1, -0.05) is 30.3 Å². The number of nitrogens with zero attached hydrogens (tertiary/aromatic N) is 2. The molecule has 2 aliphatic heterocycles. The number of hydrogen-bond donors (Lipinski definition) is 1. The smallest absolute Gasteiger partial charge is 0.410 e. The van der Waals surface area contributed by atoms with Crippen molar-refractivity contribution in [2.24, 2.45) is 0 Å². The lowest BCUT2D eigenvalue weighted by molar-refractivity contribution is -0.0468. The van der Waals surface area contributed by atoms with Crippen molar-refractivity contribution >= 4 is 12.2 Å². The van der Waals surface area contributed by atoms with Gasteiger partial charge in [0.2, 0.25) is 0 Å². The van der Waals surface area contributed by atoms with Crippen LogP contribution in [-0.4, -0.2) is 64.0 Å². The van der Waals surface area contributed by atoms with Crippen LogP contribution < -0.4 is 0 Å². The van der Waals surface area contributed by atoms with E-state index in [-0.39, 0.29) is 13.2 Å². The molecule has 3 rings (SSSR count). The molecule has 2 saturated heterocycles. The molecule has 1 N–H and O–H groups in total. The fourth-order valence-electron chi connectivity index (χ4n) is 3.50. The molecule has 0 radical (unpaired) electrons. The number of aliphatic hydroxyl groups is 1. The Morgan fingerprint density at radius 1 is 1.19 bits per heavy atom. The van der Waals surface area contributed by atoms with Gasteiger partial charge < -0.3 is 19.5 Å². The Balaban J connectivity index is 1.59. The minimum Gasteiger partial charge on any atom is -0.445 e. The summed E-state index contributed by atoms with van der Waals surface area (Å²) in [6, 6.07) is 9.44. The van der Waals surface area contributed by atoms with E-state index in [2.05, 4.69) is 0 Å². The van der Waals surface area contributed by atoms with Crippen molar-refractivity contribution in [3.05, 3.63) is 35.9 Å². The molecule has 2 fully saturated rings. The topological polar surface area (TPSA) is 79.3 Å². The second-order valence-corrected chi connectivity index (χ2v) is 8.07. The molecule has 0 saturated carbocycles. The monoisotopic (exact) mass is 362 g/mol. The van der Waals surface area contributed by atoms with Crippen LogP contribution in [0.15, 0.2) is 30.3 Å². The van der Waals surface area contributed by atoms with E-state index in [0.717, 1.165) is 5.56 Å². The molecule has 0 aliphatic carbocycles. The molecule has 0 aromatic heterocycles. The normalized spacial score (nSPS) is 21.5. The quantitative estimate of drug-likeness (QED) is 0.874. The number of benzene rings is 1. The zero-order valence-corrected chi connectivity index (χ0v) is 15.5. The Labute approximate surface area is 153 Å². The lowest BCUT2D eigenvalue weighted by Crippen LogP contribution is -2.70. The van der Waals surface area contributed by atoms with E-state index in [1.807, 2.05) is 51.1 Å². The Kier molecular flexibility index (Phi) is 4.84. The van der Waals surface area contributed by atoms with Crippen LogP contribution >= 0.6 is 0 Å². The van der Waals surface area contributed by atoms with Gasteiger partial charge in [-0.3, -0.25) is 4.90 Å². The summed E-state index contributed by atoms with van der Waals surface area (Å²) in [5, 5.41) is 10.1. The maximum atomic E-state index is 12.5. The van der Waals surface area contributed by atoms with E-state index in [1.54, 1.807) is 9.80 Å². The first-order chi connectivity index (χ1) is 12.2. The summed E-state index contributed by atoms with van der Waals surface area (Å²) >= 11 is 0. The molecule has 26 heavy (non-hydrogen) atoms. The van der Waals surface area contributed by atoms with Crippen LogP contribution in [0.25, 0.3) is 0 Å². The number of hydrogen-bond acceptors (Lipinski definition) is 5. The van der Waals surface area contributed by atoms with E-state index < -0.39 is 29.4 Å². The molecule has 1 spiro atoms. The van der Waals surface area contributed by atoms with Crippen LogP contribution in [0.3, 0.4) is 0 Å². The highest BCUT2D eigenvalue weighted by molar-refractivity contribution is 5.73. The summed E-state index contributed by atoms with van der Waals surface area (Å²) in [5.74, 6) is 0. The SMILES string of the molecule is CC(C)(C)OC(=O)N1CC2(CC(O)CN2C(=O)OCc2ccccc2)C1. The van der Waals surface area contributed by atoms with Gasteiger partial charge in [0.05, 0.1) is 18.2 Å². The molecule has 1 aromatic carbocycles. The van der Waals surface area contributed by atoms with E-state index in [1.165, 1.54) is 0 Å². The number of ether oxygens (including phenoxy) is 2. The molecule has 2 amide bonds. The molecule has 1 aromatic rings. The molecule has 1 unspecified atom stereocenters. The van der Waals surface area contributed by atoms with Crippen LogP contribution in [0.4, 0.5) is 9.59 Å². The number of likely N-dealkylation sites (tertiary alicyclic amines) is 2. The number of β-amino-alcohol motifs (C(OH)–C–C–N with tert-alkyl or cyclic N) is 1. The zero-order chi connectivity index (χ0) is 18.9. The van der Waals surface area contributed by atoms with Crippen molar-refractivity contribution in [2.45, 2.75) is 51.0 Å². The van der Waals surface area contributed by atoms with E-state index in [9.17, 15) is 14.7 Å². The minimum atomic E-state index is -0.611. The highest BCUT2D eigenvalue weighted by Crippen LogP contribution is 2.39. The molecule has 142 valence electrons. The Bertz CT molecular complexity index is 664. The van der Waals surface area contributed by atoms with Gasteiger partial charge in [0.25, 0.3) is 0 Å². The maximum absolute atomic E-state index is 12.5. The van der Waals surface area contributed by atoms with Crippen LogP contribution in [0, 0.1) is 0 Å². The third-order valence-electron chi connectivity index (χ3n) is 4.63. The second kappa shape index (κ2) is 6.79. The first-order valence-electron chi connectivity index (χ1n) is 8.83. The number of carbonyl (C=O) groups is 2. The molecule has 7 nitrogen and oxygen atoms in total. The summed E-state index contributed by atoms with van der Waals surface area (Å²) in [6.45, 7) is 6.53. The number of rotatable bonds is 2. The lowest BCUT2D eigenvalue weighted by Gasteiger charge is -2.51. The summed E-state index contributed by atoms with van der Waals surface area (Å²) in [6.07, 6.45) is -1.04. The highest BCUT2D eigenvalue weighted by Gasteiger charge is 2.57. The fraction of sp³-hybridized carbons (Fsp3) is 0.579. The van der Waals surface area contributed by atoms with Crippen molar-refractivity contribution in [1.82, 2.24) is 9.80 Å². The molecule has 1 atom stereocenters. The predicted molar refractivity (Wildman–Crippen MR) is 94.5 cm³/mol. The van der Waals surface area contributed by atoms with Gasteiger partial charge in [-0.15, -0.1) is 0 Å². The van der Waals surface area contributed by atoms with Crippen LogP contribution in [0.5, 0.6) is 0 Å². The van der Waals surface area contributed by atoms with Gasteiger partial charge in [-0.2, -0.15) is 0 Å². The van der Waals surface area contributed by atoms with E-state index in [0.29, 0.717) is 19.5 Å².